The minimum atomic E-state index is -1.54. The number of benzene rings is 4. The molecule has 326 valence electrons. The average molecular weight is 930 g/mol. The summed E-state index contributed by atoms with van der Waals surface area (Å²) < 4.78 is 0. The summed E-state index contributed by atoms with van der Waals surface area (Å²) in [6.07, 6.45) is 12.4. The van der Waals surface area contributed by atoms with E-state index in [1.54, 1.807) is 6.08 Å². The van der Waals surface area contributed by atoms with Crippen LogP contribution in [0.3, 0.4) is 0 Å². The quantitative estimate of drug-likeness (QED) is 0.0507. The summed E-state index contributed by atoms with van der Waals surface area (Å²) in [5.74, 6) is -3.07. The first kappa shape index (κ1) is 46.1. The maximum Gasteiger partial charge on any atom is 2.00 e. The molecule has 0 spiro atoms. The van der Waals surface area contributed by atoms with Crippen molar-refractivity contribution in [3.63, 3.8) is 0 Å². The van der Waals surface area contributed by atoms with E-state index in [1.807, 2.05) is 24.3 Å². The topological polar surface area (TPSA) is 129 Å². The van der Waals surface area contributed by atoms with Gasteiger partial charge in [-0.3, -0.25) is 0 Å². The fourth-order valence-corrected chi connectivity index (χ4v) is 9.46. The van der Waals surface area contributed by atoms with Crippen molar-refractivity contribution in [2.45, 2.75) is 55.4 Å². The van der Waals surface area contributed by atoms with Crippen LogP contribution in [0.15, 0.2) is 109 Å². The number of allylic oxidation sites excluding steroid dienone is 2. The standard InChI is InChI=1S/C58H50N4O4.Zn/c1-31-18-32(2)23-40(22-31)52-45-12-13-46(59-45)53(41-24-33(3)19-34(4)25-41)48-16-17-50(61-48)55(43-28-37(7)21-38(8)29-43)56-39(10-9-11-44(57(63)64)58(65)66)30-51(62-56)54(49-15-14-47(52)60-49)42-26-35(5)20-36(6)27-42;/h9-30H,1-8H3,(H4,59,60,61,62,63,64,65,66);/q;+2/p-2/b10-9+,52-45?,52-47?,53-46?,53-48?,54-49?,54-51?,55-50?,56-55?;. The second-order valence-electron chi connectivity index (χ2n) is 17.6. The van der Waals surface area contributed by atoms with Crippen LogP contribution in [0.5, 0.6) is 0 Å². The van der Waals surface area contributed by atoms with Gasteiger partial charge < -0.3 is 20.2 Å². The number of aryl methyl sites for hydroxylation is 8. The molecule has 0 saturated carbocycles. The molecule has 5 heterocycles. The molecule has 7 aromatic rings. The fourth-order valence-electron chi connectivity index (χ4n) is 9.46. The van der Waals surface area contributed by atoms with Gasteiger partial charge in [-0.2, -0.15) is 0 Å². The predicted molar refractivity (Wildman–Crippen MR) is 269 cm³/mol. The first-order valence-electron chi connectivity index (χ1n) is 21.9. The Bertz CT molecular complexity index is 3430. The van der Waals surface area contributed by atoms with Crippen LogP contribution >= 0.6 is 0 Å². The number of carboxylic acids is 2. The molecule has 67 heavy (non-hydrogen) atoms. The molecule has 0 unspecified atom stereocenters. The SMILES string of the molecule is Cc1cc(C)cc(-c2c3nc(c(-c4cc(C)cc(C)c4)c4cc(/C=C/C=C(C(=O)O)C(=O)O)c([n-]4)c(-c4cc(C)cc(C)c4)c4nc(c(-c5cc(C)cc(C)c5)c5ccc2[n-]5)C=C4)C=C3)c1.[Zn+2]. The minimum absolute atomic E-state index is 0. The van der Waals surface area contributed by atoms with Crippen molar-refractivity contribution in [1.82, 2.24) is 19.9 Å². The Morgan fingerprint density at radius 1 is 0.448 bits per heavy atom. The van der Waals surface area contributed by atoms with Crippen LogP contribution in [-0.2, 0) is 29.1 Å². The molecular formula is C58H48N4O4Zn. The molecule has 0 radical (unpaired) electrons. The third kappa shape index (κ3) is 9.34. The molecule has 8 nitrogen and oxygen atoms in total. The maximum absolute atomic E-state index is 12.0. The van der Waals surface area contributed by atoms with Crippen molar-refractivity contribution >= 4 is 64.4 Å². The number of carbonyl (C=O) groups is 2. The molecule has 9 rings (SSSR count). The second kappa shape index (κ2) is 18.4. The van der Waals surface area contributed by atoms with E-state index < -0.39 is 17.5 Å². The van der Waals surface area contributed by atoms with Crippen molar-refractivity contribution in [3.8, 4) is 44.5 Å². The van der Waals surface area contributed by atoms with Gasteiger partial charge in [0.05, 0.1) is 22.8 Å². The van der Waals surface area contributed by atoms with Gasteiger partial charge in [0.2, 0.25) is 0 Å². The predicted octanol–water partition coefficient (Wildman–Crippen LogP) is 13.2. The number of aliphatic carboxylic acids is 2. The molecule has 0 fully saturated rings. The zero-order valence-corrected chi connectivity index (χ0v) is 41.9. The van der Waals surface area contributed by atoms with Crippen LogP contribution in [0.1, 0.15) is 72.8 Å². The number of hydrogen-bond donors (Lipinski definition) is 2. The molecule has 2 aliphatic heterocycles. The number of hydrogen-bond acceptors (Lipinski definition) is 4. The first-order valence-corrected chi connectivity index (χ1v) is 21.9. The third-order valence-corrected chi connectivity index (χ3v) is 11.8. The third-order valence-electron chi connectivity index (χ3n) is 11.8. The zero-order valence-electron chi connectivity index (χ0n) is 38.9. The summed E-state index contributed by atoms with van der Waals surface area (Å²) >= 11 is 0. The largest absolute Gasteiger partial charge is 2.00 e. The van der Waals surface area contributed by atoms with Gasteiger partial charge in [0.25, 0.3) is 0 Å². The molecule has 0 atom stereocenters. The molecule has 3 aromatic heterocycles. The molecule has 0 amide bonds. The average Bonchev–Trinajstić information content (AvgIpc) is 4.05. The summed E-state index contributed by atoms with van der Waals surface area (Å²) in [6, 6.07) is 31.9. The Hall–Kier alpha value is -7.48. The van der Waals surface area contributed by atoms with Gasteiger partial charge in [-0.25, -0.2) is 19.6 Å². The molecule has 0 aliphatic carbocycles. The molecule has 2 N–H and O–H groups in total. The Kier molecular flexibility index (Phi) is 12.7. The summed E-state index contributed by atoms with van der Waals surface area (Å²) in [7, 11) is 0. The smallest absolute Gasteiger partial charge is 0.657 e. The molecular weight excluding hydrogens is 882 g/mol. The minimum Gasteiger partial charge on any atom is -0.657 e. The first-order chi connectivity index (χ1) is 31.6. The summed E-state index contributed by atoms with van der Waals surface area (Å²) in [6.45, 7) is 16.7. The van der Waals surface area contributed by atoms with Crippen molar-refractivity contribution in [2.75, 3.05) is 0 Å². The van der Waals surface area contributed by atoms with Crippen LogP contribution < -0.4 is 9.97 Å². The van der Waals surface area contributed by atoms with E-state index in [2.05, 4.69) is 146 Å². The van der Waals surface area contributed by atoms with Gasteiger partial charge in [0.15, 0.2) is 0 Å². The number of fused-ring (bicyclic) bond motifs is 8. The molecule has 4 aromatic carbocycles. The van der Waals surface area contributed by atoms with Crippen LogP contribution in [0.4, 0.5) is 0 Å². The Balaban J connectivity index is 0.00000608. The van der Waals surface area contributed by atoms with Crippen LogP contribution in [0.2, 0.25) is 0 Å². The zero-order chi connectivity index (χ0) is 46.6. The monoisotopic (exact) mass is 928 g/mol. The Labute approximate surface area is 403 Å². The van der Waals surface area contributed by atoms with Gasteiger partial charge >= 0.3 is 31.4 Å². The van der Waals surface area contributed by atoms with Gasteiger partial charge in [-0.05, 0) is 136 Å². The van der Waals surface area contributed by atoms with Crippen LogP contribution in [0, 0.1) is 55.4 Å². The summed E-state index contributed by atoms with van der Waals surface area (Å²) in [5.41, 5.74) is 21.4. The molecule has 2 aliphatic rings. The summed E-state index contributed by atoms with van der Waals surface area (Å²) in [5, 5.41) is 19.5. The van der Waals surface area contributed by atoms with Gasteiger partial charge in [-0.1, -0.05) is 148 Å². The number of aromatic nitrogens is 4. The Morgan fingerprint density at radius 2 is 0.776 bits per heavy atom. The van der Waals surface area contributed by atoms with Gasteiger partial charge in [0, 0.05) is 0 Å². The molecule has 9 heteroatoms. The van der Waals surface area contributed by atoms with Crippen molar-refractivity contribution in [2.24, 2.45) is 0 Å². The number of nitrogens with zero attached hydrogens (tertiary/aromatic N) is 4. The maximum atomic E-state index is 12.0. The normalized spacial score (nSPS) is 11.8. The van der Waals surface area contributed by atoms with Gasteiger partial charge in [0.1, 0.15) is 5.57 Å². The van der Waals surface area contributed by atoms with E-state index in [4.69, 9.17) is 19.9 Å². The van der Waals surface area contributed by atoms with Crippen LogP contribution in [-0.4, -0.2) is 32.1 Å². The van der Waals surface area contributed by atoms with Crippen molar-refractivity contribution < 1.29 is 39.3 Å². The number of rotatable bonds is 8. The van der Waals surface area contributed by atoms with E-state index in [0.29, 0.717) is 28.0 Å². The number of carboxylic acid groups (broad SMARTS) is 2. The van der Waals surface area contributed by atoms with E-state index >= 15 is 0 Å². The summed E-state index contributed by atoms with van der Waals surface area (Å²) in [4.78, 5) is 45.9. The van der Waals surface area contributed by atoms with Crippen LogP contribution in [0.25, 0.3) is 97.0 Å². The second-order valence-corrected chi connectivity index (χ2v) is 17.6. The van der Waals surface area contributed by atoms with Gasteiger partial charge in [-0.15, -0.1) is 22.1 Å². The molecule has 0 saturated heterocycles. The van der Waals surface area contributed by atoms with E-state index in [0.717, 1.165) is 118 Å². The Morgan fingerprint density at radius 3 is 1.13 bits per heavy atom. The molecule has 8 bridgehead atoms. The fraction of sp³-hybridized carbons (Fsp3) is 0.138. The van der Waals surface area contributed by atoms with E-state index in [9.17, 15) is 19.8 Å². The van der Waals surface area contributed by atoms with Crippen molar-refractivity contribution in [1.29, 1.82) is 0 Å². The van der Waals surface area contributed by atoms with Crippen molar-refractivity contribution in [3.05, 3.63) is 182 Å². The van der Waals surface area contributed by atoms with E-state index in [1.165, 1.54) is 6.08 Å². The van der Waals surface area contributed by atoms with E-state index in [-0.39, 0.29) is 19.5 Å².